The first-order chi connectivity index (χ1) is 7.78. The molecule has 0 amide bonds. The number of isocyanates is 1. The van der Waals surface area contributed by atoms with Gasteiger partial charge in [-0.3, -0.25) is 5.26 Å². The van der Waals surface area contributed by atoms with Gasteiger partial charge in [0.1, 0.15) is 6.61 Å². The molecule has 0 aliphatic heterocycles. The van der Waals surface area contributed by atoms with Crippen molar-refractivity contribution >= 4 is 17.8 Å². The van der Waals surface area contributed by atoms with Crippen LogP contribution in [0.1, 0.15) is 5.56 Å². The summed E-state index contributed by atoms with van der Waals surface area (Å²) in [6.45, 7) is 0.231. The highest BCUT2D eigenvalue weighted by atomic mass is 32.2. The molecule has 1 rings (SSSR count). The molecule has 0 saturated carbocycles. The molecule has 16 heavy (non-hydrogen) atoms. The maximum atomic E-state index is 8.35. The number of rotatable bonds is 5. The third kappa shape index (κ3) is 7.17. The van der Waals surface area contributed by atoms with Crippen molar-refractivity contribution in [2.75, 3.05) is 13.0 Å². The number of methoxy groups -OCH3 is 1. The van der Waals surface area contributed by atoms with E-state index in [4.69, 9.17) is 20.2 Å². The molecular formula is C10H13NO4S. The van der Waals surface area contributed by atoms with Gasteiger partial charge in [-0.05, 0) is 17.7 Å². The molecule has 88 valence electrons. The van der Waals surface area contributed by atoms with Crippen LogP contribution in [-0.4, -0.2) is 24.4 Å². The quantitative estimate of drug-likeness (QED) is 0.207. The van der Waals surface area contributed by atoms with E-state index in [0.29, 0.717) is 5.94 Å². The third-order valence-corrected chi connectivity index (χ3v) is 2.46. The summed E-state index contributed by atoms with van der Waals surface area (Å²) >= 11 is 1.62. The molecule has 1 aromatic rings. The lowest BCUT2D eigenvalue weighted by Gasteiger charge is -2.01. The Labute approximate surface area is 97.8 Å². The van der Waals surface area contributed by atoms with Crippen molar-refractivity contribution in [1.29, 1.82) is 5.41 Å². The maximum absolute atomic E-state index is 8.35. The van der Waals surface area contributed by atoms with Crippen LogP contribution in [0.15, 0.2) is 29.2 Å². The highest BCUT2D eigenvalue weighted by molar-refractivity contribution is 7.99. The first kappa shape index (κ1) is 14.8. The Bertz CT molecular complexity index is 309. The zero-order valence-electron chi connectivity index (χ0n) is 8.80. The molecule has 0 radical (unpaired) electrons. The lowest BCUT2D eigenvalue weighted by Crippen LogP contribution is -1.87. The van der Waals surface area contributed by atoms with Gasteiger partial charge >= 0.3 is 0 Å². The van der Waals surface area contributed by atoms with E-state index < -0.39 is 0 Å². The monoisotopic (exact) mass is 243 g/mol. The second-order valence-electron chi connectivity index (χ2n) is 2.57. The van der Waals surface area contributed by atoms with Gasteiger partial charge in [-0.2, -0.15) is 0 Å². The fourth-order valence-corrected chi connectivity index (χ4v) is 1.47. The molecule has 0 unspecified atom stereocenters. The minimum absolute atomic E-state index is 0.231. The third-order valence-electron chi connectivity index (χ3n) is 1.50. The van der Waals surface area contributed by atoms with E-state index >= 15 is 0 Å². The van der Waals surface area contributed by atoms with Gasteiger partial charge in [-0.25, -0.2) is 15.1 Å². The largest absolute Gasteiger partial charge is 0.374 e. The van der Waals surface area contributed by atoms with Gasteiger partial charge in [0.15, 0.2) is 0 Å². The number of thioether (sulfide) groups is 1. The summed E-state index contributed by atoms with van der Waals surface area (Å²) in [4.78, 5) is 13.5. The second-order valence-corrected chi connectivity index (χ2v) is 3.57. The van der Waals surface area contributed by atoms with Gasteiger partial charge < -0.3 is 4.74 Å². The molecule has 0 saturated heterocycles. The summed E-state index contributed by atoms with van der Waals surface area (Å²) in [5, 5.41) is 13.6. The molecule has 0 bridgehead atoms. The van der Waals surface area contributed by atoms with Crippen LogP contribution < -0.4 is 0 Å². The molecule has 5 nitrogen and oxygen atoms in total. The molecule has 0 aromatic heterocycles. The highest BCUT2D eigenvalue weighted by Crippen LogP contribution is 2.18. The van der Waals surface area contributed by atoms with E-state index in [1.807, 2.05) is 24.3 Å². The maximum Gasteiger partial charge on any atom is 0.231 e. The Morgan fingerprint density at radius 3 is 2.44 bits per heavy atom. The Kier molecular flexibility index (Phi) is 9.59. The van der Waals surface area contributed by atoms with Crippen LogP contribution in [0.3, 0.4) is 0 Å². The van der Waals surface area contributed by atoms with Gasteiger partial charge in [0.25, 0.3) is 0 Å². The van der Waals surface area contributed by atoms with Crippen LogP contribution in [0.4, 0.5) is 0 Å². The number of hydrogen-bond acceptors (Lipinski definition) is 6. The van der Waals surface area contributed by atoms with Crippen molar-refractivity contribution in [2.24, 2.45) is 0 Å². The Hall–Kier alpha value is -1.17. The number of benzene rings is 1. The van der Waals surface area contributed by atoms with Gasteiger partial charge in [0.05, 0.1) is 5.94 Å². The topological polar surface area (TPSA) is 79.6 Å². The zero-order chi connectivity index (χ0) is 12.2. The van der Waals surface area contributed by atoms with E-state index in [0.717, 1.165) is 16.5 Å². The molecule has 0 aliphatic carbocycles. The fourth-order valence-electron chi connectivity index (χ4n) is 0.883. The van der Waals surface area contributed by atoms with Crippen LogP contribution in [0.25, 0.3) is 0 Å². The summed E-state index contributed by atoms with van der Waals surface area (Å²) in [5.74, 6) is 0.649. The van der Waals surface area contributed by atoms with Crippen LogP contribution >= 0.6 is 11.8 Å². The number of hydrogen-bond donors (Lipinski definition) is 2. The Morgan fingerprint density at radius 2 is 2.00 bits per heavy atom. The van der Waals surface area contributed by atoms with Gasteiger partial charge in [-0.1, -0.05) is 23.9 Å². The lowest BCUT2D eigenvalue weighted by molar-refractivity contribution is -0.253. The Morgan fingerprint density at radius 1 is 1.44 bits per heavy atom. The van der Waals surface area contributed by atoms with Crippen molar-refractivity contribution in [3.8, 4) is 0 Å². The first-order valence-electron chi connectivity index (χ1n) is 4.29. The summed E-state index contributed by atoms with van der Waals surface area (Å²) < 4.78 is 4.92. The van der Waals surface area contributed by atoms with E-state index in [9.17, 15) is 0 Å². The van der Waals surface area contributed by atoms with Crippen LogP contribution in [0.5, 0.6) is 0 Å². The SMILES string of the molecule is COCSc1ccc(COO)cc1.N=C=O. The summed E-state index contributed by atoms with van der Waals surface area (Å²) in [6.07, 6.45) is 0.750. The van der Waals surface area contributed by atoms with E-state index in [1.54, 1.807) is 18.9 Å². The average Bonchev–Trinajstić information content (AvgIpc) is 2.30. The minimum Gasteiger partial charge on any atom is -0.374 e. The minimum atomic E-state index is 0.231. The molecule has 0 heterocycles. The molecule has 0 fully saturated rings. The molecule has 2 N–H and O–H groups in total. The van der Waals surface area contributed by atoms with Crippen molar-refractivity contribution in [3.05, 3.63) is 29.8 Å². The smallest absolute Gasteiger partial charge is 0.231 e. The standard InChI is InChI=1S/C9H12O3S.CHNO/c1-11-7-13-9-4-2-8(3-5-9)6-12-10;2-1-3/h2-5,10H,6-7H2,1H3;2H. The molecule has 0 aliphatic rings. The van der Waals surface area contributed by atoms with Crippen molar-refractivity contribution in [1.82, 2.24) is 0 Å². The van der Waals surface area contributed by atoms with E-state index in [1.165, 1.54) is 0 Å². The van der Waals surface area contributed by atoms with Crippen LogP contribution in [-0.2, 0) is 21.0 Å². The van der Waals surface area contributed by atoms with E-state index in [2.05, 4.69) is 4.89 Å². The average molecular weight is 243 g/mol. The predicted molar refractivity (Wildman–Crippen MR) is 60.0 cm³/mol. The second kappa shape index (κ2) is 10.4. The van der Waals surface area contributed by atoms with Gasteiger partial charge in [0, 0.05) is 12.0 Å². The number of carbonyl (C=O) groups excluding carboxylic acids is 1. The first-order valence-corrected chi connectivity index (χ1v) is 5.28. The molecule has 0 atom stereocenters. The molecular weight excluding hydrogens is 230 g/mol. The van der Waals surface area contributed by atoms with E-state index in [-0.39, 0.29) is 6.61 Å². The van der Waals surface area contributed by atoms with Crippen LogP contribution in [0.2, 0.25) is 0 Å². The predicted octanol–water partition coefficient (Wildman–Crippen LogP) is 2.27. The van der Waals surface area contributed by atoms with Gasteiger partial charge in [0.2, 0.25) is 6.08 Å². The molecule has 1 aromatic carbocycles. The van der Waals surface area contributed by atoms with Crippen molar-refractivity contribution in [3.63, 3.8) is 0 Å². The molecule has 0 spiro atoms. The lowest BCUT2D eigenvalue weighted by atomic mass is 10.2. The van der Waals surface area contributed by atoms with Crippen molar-refractivity contribution in [2.45, 2.75) is 11.5 Å². The summed E-state index contributed by atoms with van der Waals surface area (Å²) in [5.41, 5.74) is 0.948. The van der Waals surface area contributed by atoms with Crippen LogP contribution in [0, 0.1) is 5.41 Å². The number of nitrogens with one attached hydrogen (secondary N) is 1. The zero-order valence-corrected chi connectivity index (χ0v) is 9.62. The Balaban J connectivity index is 0.000000673. The number of ether oxygens (including phenoxy) is 1. The summed E-state index contributed by atoms with van der Waals surface area (Å²) in [7, 11) is 1.67. The summed E-state index contributed by atoms with van der Waals surface area (Å²) in [6, 6.07) is 7.76. The van der Waals surface area contributed by atoms with Gasteiger partial charge in [-0.15, -0.1) is 0 Å². The fraction of sp³-hybridized carbons (Fsp3) is 0.300. The normalized spacial score (nSPS) is 8.88. The highest BCUT2D eigenvalue weighted by Gasteiger charge is 1.94. The molecule has 6 heteroatoms. The van der Waals surface area contributed by atoms with Crippen molar-refractivity contribution < 1.29 is 19.7 Å².